The Morgan fingerprint density at radius 2 is 1.46 bits per heavy atom. The Bertz CT molecular complexity index is 1310. The van der Waals surface area contributed by atoms with Crippen molar-refractivity contribution in [3.8, 4) is 0 Å². The summed E-state index contributed by atoms with van der Waals surface area (Å²) in [6.07, 6.45) is 13.4. The molecule has 1 unspecified atom stereocenters. The number of ketones is 2. The molecule has 0 amide bonds. The van der Waals surface area contributed by atoms with Crippen LogP contribution in [0.15, 0.2) is 42.5 Å². The van der Waals surface area contributed by atoms with Gasteiger partial charge in [-0.1, -0.05) is 77.1 Å². The molecule has 2 heteroatoms. The molecule has 222 valence electrons. The van der Waals surface area contributed by atoms with Gasteiger partial charge in [0.2, 0.25) is 0 Å². The Labute approximate surface area is 249 Å². The highest BCUT2D eigenvalue weighted by molar-refractivity contribution is 5.94. The summed E-state index contributed by atoms with van der Waals surface area (Å²) >= 11 is 0. The van der Waals surface area contributed by atoms with Gasteiger partial charge in [0.15, 0.2) is 5.78 Å². The summed E-state index contributed by atoms with van der Waals surface area (Å²) in [5.41, 5.74) is 5.66. The number of hydrogen-bond acceptors (Lipinski definition) is 2. The molecule has 0 aromatic heterocycles. The Morgan fingerprint density at radius 1 is 0.780 bits per heavy atom. The molecule has 0 aliphatic heterocycles. The first-order chi connectivity index (χ1) is 19.1. The molecule has 0 N–H and O–H groups in total. The van der Waals surface area contributed by atoms with Crippen molar-refractivity contribution >= 4 is 17.1 Å². The lowest BCUT2D eigenvalue weighted by Gasteiger charge is -2.72. The van der Waals surface area contributed by atoms with Crippen LogP contribution in [0.1, 0.15) is 129 Å². The average Bonchev–Trinajstić information content (AvgIpc) is 3.30. The van der Waals surface area contributed by atoms with Crippen LogP contribution in [0.2, 0.25) is 0 Å². The number of carbonyl (C=O) groups is 2. The number of fused-ring (bicyclic) bond motifs is 7. The van der Waals surface area contributed by atoms with Crippen LogP contribution in [-0.4, -0.2) is 11.6 Å². The van der Waals surface area contributed by atoms with E-state index in [9.17, 15) is 9.59 Å². The monoisotopic (exact) mass is 554 g/mol. The van der Waals surface area contributed by atoms with E-state index in [0.717, 1.165) is 31.2 Å². The van der Waals surface area contributed by atoms with Gasteiger partial charge >= 0.3 is 0 Å². The topological polar surface area (TPSA) is 34.1 Å². The van der Waals surface area contributed by atoms with Gasteiger partial charge in [0.05, 0.1) is 0 Å². The van der Waals surface area contributed by atoms with Gasteiger partial charge < -0.3 is 0 Å². The summed E-state index contributed by atoms with van der Waals surface area (Å²) in [6, 6.07) is 8.37. The SMILES string of the molecule is C=C(C)[C@@H]1CC[C@]2(C(C)=O)CC[C@]3(C)C(CC[C@@H]4[C@@]5(C)CC=C(c6ccc(C(C)=O)cc6)C(C)(C)[C@@H]5CC[C@]43C)[C@@H]12. The number of carbonyl (C=O) groups excluding carboxylic acids is 2. The smallest absolute Gasteiger partial charge is 0.159 e. The second kappa shape index (κ2) is 9.27. The van der Waals surface area contributed by atoms with E-state index in [1.54, 1.807) is 6.92 Å². The predicted molar refractivity (Wildman–Crippen MR) is 169 cm³/mol. The molecule has 0 spiro atoms. The molecule has 5 aliphatic carbocycles. The van der Waals surface area contributed by atoms with Gasteiger partial charge in [-0.15, -0.1) is 0 Å². The second-order valence-electron chi connectivity index (χ2n) is 16.6. The quantitative estimate of drug-likeness (QED) is 0.274. The Hall–Kier alpha value is -1.96. The molecular formula is C39H54O2. The molecule has 4 fully saturated rings. The summed E-state index contributed by atoms with van der Waals surface area (Å²) in [4.78, 5) is 25.3. The molecule has 0 heterocycles. The highest BCUT2D eigenvalue weighted by Gasteiger charge is 2.71. The third kappa shape index (κ3) is 3.73. The van der Waals surface area contributed by atoms with Crippen LogP contribution in [-0.2, 0) is 4.79 Å². The predicted octanol–water partition coefficient (Wildman–Crippen LogP) is 10.1. The third-order valence-corrected chi connectivity index (χ3v) is 14.9. The van der Waals surface area contributed by atoms with Crippen molar-refractivity contribution in [2.75, 3.05) is 0 Å². The molecule has 41 heavy (non-hydrogen) atoms. The Balaban J connectivity index is 1.37. The molecule has 4 saturated carbocycles. The van der Waals surface area contributed by atoms with Crippen molar-refractivity contribution in [2.24, 2.45) is 56.7 Å². The van der Waals surface area contributed by atoms with Crippen LogP contribution in [0, 0.1) is 56.7 Å². The van der Waals surface area contributed by atoms with Crippen LogP contribution in [0.5, 0.6) is 0 Å². The lowest BCUT2D eigenvalue weighted by atomic mass is 9.32. The number of allylic oxidation sites excluding steroid dienone is 3. The largest absolute Gasteiger partial charge is 0.299 e. The molecule has 6 rings (SSSR count). The van der Waals surface area contributed by atoms with E-state index in [1.807, 2.05) is 19.1 Å². The van der Waals surface area contributed by atoms with Crippen LogP contribution >= 0.6 is 0 Å². The van der Waals surface area contributed by atoms with Gasteiger partial charge in [-0.3, -0.25) is 9.59 Å². The van der Waals surface area contributed by atoms with Gasteiger partial charge in [-0.2, -0.15) is 0 Å². The van der Waals surface area contributed by atoms with Crippen LogP contribution in [0.4, 0.5) is 0 Å². The van der Waals surface area contributed by atoms with Crippen molar-refractivity contribution < 1.29 is 9.59 Å². The van der Waals surface area contributed by atoms with Crippen LogP contribution < -0.4 is 0 Å². The van der Waals surface area contributed by atoms with Gasteiger partial charge in [0, 0.05) is 11.0 Å². The van der Waals surface area contributed by atoms with E-state index >= 15 is 0 Å². The minimum atomic E-state index is -0.111. The van der Waals surface area contributed by atoms with Crippen molar-refractivity contribution in [1.29, 1.82) is 0 Å². The fraction of sp³-hybridized carbons (Fsp3) is 0.692. The zero-order valence-corrected chi connectivity index (χ0v) is 27.2. The molecule has 2 nitrogen and oxygen atoms in total. The lowest BCUT2D eigenvalue weighted by Crippen LogP contribution is -2.65. The van der Waals surface area contributed by atoms with Crippen molar-refractivity contribution in [3.05, 3.63) is 53.6 Å². The first kappa shape index (κ1) is 29.1. The number of rotatable bonds is 4. The number of benzene rings is 1. The fourth-order valence-corrected chi connectivity index (χ4v) is 12.7. The van der Waals surface area contributed by atoms with Crippen molar-refractivity contribution in [3.63, 3.8) is 0 Å². The van der Waals surface area contributed by atoms with Crippen LogP contribution in [0.3, 0.4) is 0 Å². The van der Waals surface area contributed by atoms with E-state index in [0.29, 0.717) is 35.4 Å². The second-order valence-corrected chi connectivity index (χ2v) is 16.6. The zero-order chi connectivity index (χ0) is 29.8. The fourth-order valence-electron chi connectivity index (χ4n) is 12.7. The molecule has 5 aliphatic rings. The number of Topliss-reactive ketones (excluding diaryl/α,β-unsaturated/α-hetero) is 2. The van der Waals surface area contributed by atoms with Crippen molar-refractivity contribution in [2.45, 2.75) is 113 Å². The minimum Gasteiger partial charge on any atom is -0.299 e. The van der Waals surface area contributed by atoms with E-state index in [-0.39, 0.29) is 32.9 Å². The first-order valence-electron chi connectivity index (χ1n) is 16.6. The maximum atomic E-state index is 13.4. The standard InChI is InChI=1S/C39H54O2/c1-24(2)29-16-21-39(26(4)41)23-22-37(8)31(34(29)39)14-15-33-36(7)19-17-30(28-12-10-27(11-13-28)25(3)40)35(5,6)32(36)18-20-38(33,37)9/h10-13,17,29,31-34H,1,14-16,18-23H2,2-9H3/t29-,31?,32-,33+,34+,36-,37+,38+,39+/m0/s1. The first-order valence-corrected chi connectivity index (χ1v) is 16.6. The Morgan fingerprint density at radius 3 is 2.07 bits per heavy atom. The molecule has 1 aromatic carbocycles. The average molecular weight is 555 g/mol. The minimum absolute atomic E-state index is 0.0800. The van der Waals surface area contributed by atoms with E-state index in [1.165, 1.54) is 48.8 Å². The number of hydrogen-bond donors (Lipinski definition) is 0. The molecule has 0 bridgehead atoms. The third-order valence-electron chi connectivity index (χ3n) is 14.9. The highest BCUT2D eigenvalue weighted by atomic mass is 16.1. The van der Waals surface area contributed by atoms with Gasteiger partial charge in [-0.25, -0.2) is 0 Å². The van der Waals surface area contributed by atoms with E-state index in [2.05, 4.69) is 66.3 Å². The Kier molecular flexibility index (Phi) is 6.58. The zero-order valence-electron chi connectivity index (χ0n) is 27.2. The molecular weight excluding hydrogens is 500 g/mol. The summed E-state index contributed by atoms with van der Waals surface area (Å²) in [6.45, 7) is 23.2. The lowest BCUT2D eigenvalue weighted by molar-refractivity contribution is -0.224. The maximum absolute atomic E-state index is 13.4. The van der Waals surface area contributed by atoms with E-state index < -0.39 is 0 Å². The maximum Gasteiger partial charge on any atom is 0.159 e. The van der Waals surface area contributed by atoms with E-state index in [4.69, 9.17) is 0 Å². The molecule has 0 saturated heterocycles. The summed E-state index contributed by atoms with van der Waals surface area (Å²) in [7, 11) is 0. The van der Waals surface area contributed by atoms with Gasteiger partial charge in [-0.05, 0) is 141 Å². The summed E-state index contributed by atoms with van der Waals surface area (Å²) in [5.74, 6) is 3.52. The van der Waals surface area contributed by atoms with Gasteiger partial charge in [0.25, 0.3) is 0 Å². The van der Waals surface area contributed by atoms with Gasteiger partial charge in [0.1, 0.15) is 5.78 Å². The summed E-state index contributed by atoms with van der Waals surface area (Å²) < 4.78 is 0. The summed E-state index contributed by atoms with van der Waals surface area (Å²) in [5, 5.41) is 0. The molecule has 9 atom stereocenters. The molecule has 1 aromatic rings. The van der Waals surface area contributed by atoms with Crippen molar-refractivity contribution in [1.82, 2.24) is 0 Å². The molecule has 0 radical (unpaired) electrons. The van der Waals surface area contributed by atoms with Crippen LogP contribution in [0.25, 0.3) is 5.57 Å². The highest BCUT2D eigenvalue weighted by Crippen LogP contribution is 2.77. The normalized spacial score (nSPS) is 44.5.